The number of piperidine rings is 1. The van der Waals surface area contributed by atoms with Crippen molar-refractivity contribution < 1.29 is 0 Å². The number of nitrogens with one attached hydrogen (secondary N) is 1. The Kier molecular flexibility index (Phi) is 3.60. The zero-order valence-electron chi connectivity index (χ0n) is 11.3. The largest absolute Gasteiger partial charge is 0.316 e. The highest BCUT2D eigenvalue weighted by atomic mass is 15.3. The van der Waals surface area contributed by atoms with Gasteiger partial charge in [-0.15, -0.1) is 0 Å². The molecule has 4 nitrogen and oxygen atoms in total. The summed E-state index contributed by atoms with van der Waals surface area (Å²) >= 11 is 0. The number of rotatable bonds is 3. The summed E-state index contributed by atoms with van der Waals surface area (Å²) in [5, 5.41) is 7.77. The highest BCUT2D eigenvalue weighted by Crippen LogP contribution is 2.24. The van der Waals surface area contributed by atoms with Gasteiger partial charge in [-0.3, -0.25) is 9.67 Å². The lowest BCUT2D eigenvalue weighted by atomic mass is 9.95. The molecule has 1 fully saturated rings. The van der Waals surface area contributed by atoms with Gasteiger partial charge in [-0.1, -0.05) is 6.07 Å². The van der Waals surface area contributed by atoms with Crippen LogP contribution >= 0.6 is 0 Å². The minimum Gasteiger partial charge on any atom is -0.316 e. The minimum absolute atomic E-state index is 0.548. The van der Waals surface area contributed by atoms with Crippen LogP contribution in [0.5, 0.6) is 0 Å². The lowest BCUT2D eigenvalue weighted by molar-refractivity contribution is 0.455. The number of hydrogen-bond acceptors (Lipinski definition) is 3. The first-order chi connectivity index (χ1) is 9.38. The fraction of sp³-hybridized carbons (Fsp3) is 0.467. The fourth-order valence-electron chi connectivity index (χ4n) is 2.73. The molecule has 100 valence electrons. The van der Waals surface area contributed by atoms with Crippen molar-refractivity contribution in [2.75, 3.05) is 13.1 Å². The third-order valence-corrected chi connectivity index (χ3v) is 3.76. The fourth-order valence-corrected chi connectivity index (χ4v) is 2.73. The number of nitrogens with zero attached hydrogens (tertiary/aromatic N) is 3. The summed E-state index contributed by atoms with van der Waals surface area (Å²) in [5.74, 6) is 0.548. The van der Waals surface area contributed by atoms with Crippen molar-refractivity contribution in [2.45, 2.75) is 32.2 Å². The van der Waals surface area contributed by atoms with Gasteiger partial charge in [0.15, 0.2) is 0 Å². The predicted molar refractivity (Wildman–Crippen MR) is 76.0 cm³/mol. The van der Waals surface area contributed by atoms with Gasteiger partial charge in [0.1, 0.15) is 0 Å². The Balaban J connectivity index is 1.91. The van der Waals surface area contributed by atoms with E-state index < -0.39 is 0 Å². The second-order valence-electron chi connectivity index (χ2n) is 5.02. The van der Waals surface area contributed by atoms with Gasteiger partial charge in [0.05, 0.1) is 11.4 Å². The summed E-state index contributed by atoms with van der Waals surface area (Å²) in [6, 6.07) is 8.37. The van der Waals surface area contributed by atoms with Gasteiger partial charge in [0.25, 0.3) is 0 Å². The van der Waals surface area contributed by atoms with Crippen LogP contribution in [0.4, 0.5) is 0 Å². The van der Waals surface area contributed by atoms with E-state index in [0.29, 0.717) is 5.92 Å². The molecule has 1 atom stereocenters. The summed E-state index contributed by atoms with van der Waals surface area (Å²) in [6.07, 6.45) is 4.31. The molecule has 1 N–H and O–H groups in total. The first-order valence-corrected chi connectivity index (χ1v) is 7.08. The first-order valence-electron chi connectivity index (χ1n) is 7.08. The first kappa shape index (κ1) is 12.4. The number of pyridine rings is 1. The number of aryl methyl sites for hydroxylation is 1. The van der Waals surface area contributed by atoms with Crippen molar-refractivity contribution in [1.29, 1.82) is 0 Å². The Bertz CT molecular complexity index is 541. The van der Waals surface area contributed by atoms with Crippen LogP contribution < -0.4 is 5.32 Å². The van der Waals surface area contributed by atoms with Crippen LogP contribution in [0.25, 0.3) is 11.4 Å². The van der Waals surface area contributed by atoms with Crippen LogP contribution in [0, 0.1) is 0 Å². The molecule has 1 unspecified atom stereocenters. The maximum absolute atomic E-state index is 4.85. The molecule has 1 saturated heterocycles. The molecule has 0 spiro atoms. The Morgan fingerprint density at radius 3 is 3.11 bits per heavy atom. The lowest BCUT2D eigenvalue weighted by Gasteiger charge is -2.22. The molecule has 2 aromatic rings. The second kappa shape index (κ2) is 5.53. The van der Waals surface area contributed by atoms with Crippen LogP contribution in [0.1, 0.15) is 31.4 Å². The van der Waals surface area contributed by atoms with Crippen molar-refractivity contribution >= 4 is 0 Å². The van der Waals surface area contributed by atoms with E-state index in [-0.39, 0.29) is 0 Å². The van der Waals surface area contributed by atoms with Gasteiger partial charge in [-0.2, -0.15) is 5.10 Å². The predicted octanol–water partition coefficient (Wildman–Crippen LogP) is 2.43. The van der Waals surface area contributed by atoms with E-state index in [1.54, 1.807) is 0 Å². The quantitative estimate of drug-likeness (QED) is 0.917. The average Bonchev–Trinajstić information content (AvgIpc) is 2.97. The third-order valence-electron chi connectivity index (χ3n) is 3.76. The zero-order chi connectivity index (χ0) is 13.1. The van der Waals surface area contributed by atoms with E-state index in [2.05, 4.69) is 35.5 Å². The summed E-state index contributed by atoms with van der Waals surface area (Å²) in [5.41, 5.74) is 3.34. The van der Waals surface area contributed by atoms with Crippen molar-refractivity contribution in [3.8, 4) is 11.4 Å². The highest BCUT2D eigenvalue weighted by molar-refractivity contribution is 5.54. The monoisotopic (exact) mass is 256 g/mol. The van der Waals surface area contributed by atoms with Gasteiger partial charge in [-0.05, 0) is 44.5 Å². The number of hydrogen-bond donors (Lipinski definition) is 1. The zero-order valence-corrected chi connectivity index (χ0v) is 11.3. The molecule has 3 rings (SSSR count). The van der Waals surface area contributed by atoms with Crippen LogP contribution in [-0.4, -0.2) is 27.9 Å². The molecular weight excluding hydrogens is 236 g/mol. The summed E-state index contributed by atoms with van der Waals surface area (Å²) < 4.78 is 1.99. The molecule has 2 aromatic heterocycles. The summed E-state index contributed by atoms with van der Waals surface area (Å²) in [6.45, 7) is 5.16. The highest BCUT2D eigenvalue weighted by Gasteiger charge is 2.17. The molecule has 0 amide bonds. The molecule has 19 heavy (non-hydrogen) atoms. The molecule has 1 aliphatic heterocycles. The van der Waals surface area contributed by atoms with E-state index in [0.717, 1.165) is 31.0 Å². The van der Waals surface area contributed by atoms with Crippen LogP contribution in [0.2, 0.25) is 0 Å². The van der Waals surface area contributed by atoms with E-state index in [1.165, 1.54) is 18.5 Å². The molecule has 0 saturated carbocycles. The van der Waals surface area contributed by atoms with Crippen LogP contribution in [-0.2, 0) is 6.54 Å². The lowest BCUT2D eigenvalue weighted by Crippen LogP contribution is -2.28. The van der Waals surface area contributed by atoms with Gasteiger partial charge < -0.3 is 5.32 Å². The van der Waals surface area contributed by atoms with Gasteiger partial charge in [-0.25, -0.2) is 0 Å². The molecule has 0 bridgehead atoms. The van der Waals surface area contributed by atoms with Crippen molar-refractivity contribution in [1.82, 2.24) is 20.1 Å². The topological polar surface area (TPSA) is 42.7 Å². The van der Waals surface area contributed by atoms with Crippen molar-refractivity contribution in [3.63, 3.8) is 0 Å². The summed E-state index contributed by atoms with van der Waals surface area (Å²) in [7, 11) is 0. The smallest absolute Gasteiger partial charge is 0.0886 e. The van der Waals surface area contributed by atoms with Crippen molar-refractivity contribution in [3.05, 3.63) is 36.2 Å². The van der Waals surface area contributed by atoms with Crippen molar-refractivity contribution in [2.24, 2.45) is 0 Å². The molecule has 0 radical (unpaired) electrons. The Morgan fingerprint density at radius 1 is 1.37 bits per heavy atom. The Morgan fingerprint density at radius 2 is 2.32 bits per heavy atom. The maximum Gasteiger partial charge on any atom is 0.0886 e. The SMILES string of the molecule is CCn1nccc1-c1cccc(C2CCCNC2)n1. The molecule has 3 heterocycles. The van der Waals surface area contributed by atoms with E-state index in [9.17, 15) is 0 Å². The van der Waals surface area contributed by atoms with Gasteiger partial charge in [0.2, 0.25) is 0 Å². The number of aromatic nitrogens is 3. The normalized spacial score (nSPS) is 19.5. The molecule has 0 aromatic carbocycles. The Hall–Kier alpha value is -1.68. The molecule has 4 heteroatoms. The van der Waals surface area contributed by atoms with Gasteiger partial charge in [0, 0.05) is 30.9 Å². The van der Waals surface area contributed by atoms with Gasteiger partial charge >= 0.3 is 0 Å². The van der Waals surface area contributed by atoms with Crippen LogP contribution in [0.3, 0.4) is 0 Å². The second-order valence-corrected chi connectivity index (χ2v) is 5.02. The maximum atomic E-state index is 4.85. The van der Waals surface area contributed by atoms with E-state index >= 15 is 0 Å². The Labute approximate surface area is 113 Å². The average molecular weight is 256 g/mol. The van der Waals surface area contributed by atoms with E-state index in [4.69, 9.17) is 4.98 Å². The minimum atomic E-state index is 0.548. The van der Waals surface area contributed by atoms with Crippen LogP contribution in [0.15, 0.2) is 30.5 Å². The third kappa shape index (κ3) is 2.54. The summed E-state index contributed by atoms with van der Waals surface area (Å²) in [4.78, 5) is 4.85. The molecule has 0 aliphatic carbocycles. The standard InChI is InChI=1S/C15H20N4/c1-2-19-15(8-10-17-19)14-7-3-6-13(18-14)12-5-4-9-16-11-12/h3,6-8,10,12,16H,2,4-5,9,11H2,1H3. The van der Waals surface area contributed by atoms with E-state index in [1.807, 2.05) is 16.9 Å². The molecule has 1 aliphatic rings. The molecular formula is C15H20N4.